The van der Waals surface area contributed by atoms with E-state index in [4.69, 9.17) is 9.47 Å². The second-order valence-electron chi connectivity index (χ2n) is 4.24. The minimum absolute atomic E-state index is 0.567. The minimum atomic E-state index is -0.709. The van der Waals surface area contributed by atoms with E-state index in [1.165, 1.54) is 0 Å². The van der Waals surface area contributed by atoms with E-state index in [-0.39, 0.29) is 0 Å². The fraction of sp³-hybridized carbons (Fsp3) is 0.267. The molecule has 1 aromatic carbocycles. The van der Waals surface area contributed by atoms with Crippen LogP contribution in [-0.4, -0.2) is 24.3 Å². The van der Waals surface area contributed by atoms with E-state index in [0.29, 0.717) is 17.9 Å². The summed E-state index contributed by atoms with van der Waals surface area (Å²) in [6.07, 6.45) is 2.54. The normalized spacial score (nSPS) is 12.2. The van der Waals surface area contributed by atoms with E-state index in [0.717, 1.165) is 11.1 Å². The quantitative estimate of drug-likeness (QED) is 0.895. The number of rotatable bonds is 5. The molecule has 0 saturated carbocycles. The molecule has 0 bridgehead atoms. The zero-order chi connectivity index (χ0) is 13.7. The summed E-state index contributed by atoms with van der Waals surface area (Å²) in [6, 6.07) is 9.43. The van der Waals surface area contributed by atoms with Gasteiger partial charge in [0.1, 0.15) is 11.9 Å². The third-order valence-electron chi connectivity index (χ3n) is 2.89. The molecule has 2 rings (SSSR count). The molecule has 0 aliphatic carbocycles. The van der Waals surface area contributed by atoms with Gasteiger partial charge >= 0.3 is 0 Å². The first-order valence-electron chi connectivity index (χ1n) is 5.99. The van der Waals surface area contributed by atoms with Crippen LogP contribution in [0.15, 0.2) is 42.7 Å². The standard InChI is InChI=1S/C15H17NO3/c1-18-10-11-3-5-12(6-4-11)15(17)13-7-14(19-2)9-16-8-13/h3-9,15,17H,10H2,1-2H3. The van der Waals surface area contributed by atoms with Gasteiger partial charge in [-0.2, -0.15) is 0 Å². The Morgan fingerprint density at radius 2 is 1.84 bits per heavy atom. The molecule has 0 radical (unpaired) electrons. The molecule has 100 valence electrons. The lowest BCUT2D eigenvalue weighted by Crippen LogP contribution is -2.01. The number of nitrogens with zero attached hydrogens (tertiary/aromatic N) is 1. The molecule has 4 nitrogen and oxygen atoms in total. The Morgan fingerprint density at radius 1 is 1.11 bits per heavy atom. The van der Waals surface area contributed by atoms with Crippen molar-refractivity contribution in [1.29, 1.82) is 0 Å². The van der Waals surface area contributed by atoms with Crippen LogP contribution in [0.2, 0.25) is 0 Å². The molecule has 0 spiro atoms. The molecule has 1 aromatic heterocycles. The molecule has 1 N–H and O–H groups in total. The first kappa shape index (κ1) is 13.5. The Morgan fingerprint density at radius 3 is 2.47 bits per heavy atom. The van der Waals surface area contributed by atoms with Crippen LogP contribution in [0, 0.1) is 0 Å². The van der Waals surface area contributed by atoms with Gasteiger partial charge < -0.3 is 14.6 Å². The van der Waals surface area contributed by atoms with Crippen molar-refractivity contribution in [1.82, 2.24) is 4.98 Å². The summed E-state index contributed by atoms with van der Waals surface area (Å²) in [7, 11) is 3.23. The lowest BCUT2D eigenvalue weighted by molar-refractivity contribution is 0.184. The summed E-state index contributed by atoms with van der Waals surface area (Å²) in [5, 5.41) is 10.3. The maximum atomic E-state index is 10.3. The van der Waals surface area contributed by atoms with Gasteiger partial charge in [-0.15, -0.1) is 0 Å². The van der Waals surface area contributed by atoms with Gasteiger partial charge in [0.15, 0.2) is 0 Å². The van der Waals surface area contributed by atoms with Crippen molar-refractivity contribution in [3.63, 3.8) is 0 Å². The second kappa shape index (κ2) is 6.31. The smallest absolute Gasteiger partial charge is 0.137 e. The number of hydrogen-bond acceptors (Lipinski definition) is 4. The molecule has 4 heteroatoms. The minimum Gasteiger partial charge on any atom is -0.495 e. The van der Waals surface area contributed by atoms with Gasteiger partial charge in [-0.05, 0) is 17.2 Å². The van der Waals surface area contributed by atoms with E-state index in [1.54, 1.807) is 32.7 Å². The highest BCUT2D eigenvalue weighted by molar-refractivity contribution is 5.33. The summed E-state index contributed by atoms with van der Waals surface area (Å²) < 4.78 is 10.2. The maximum Gasteiger partial charge on any atom is 0.137 e. The van der Waals surface area contributed by atoms with Crippen LogP contribution in [0.25, 0.3) is 0 Å². The van der Waals surface area contributed by atoms with Crippen molar-refractivity contribution in [2.45, 2.75) is 12.7 Å². The zero-order valence-electron chi connectivity index (χ0n) is 11.0. The number of aliphatic hydroxyl groups excluding tert-OH is 1. The summed E-state index contributed by atoms with van der Waals surface area (Å²) in [4.78, 5) is 4.04. The van der Waals surface area contributed by atoms with Crippen molar-refractivity contribution in [2.24, 2.45) is 0 Å². The molecule has 1 atom stereocenters. The van der Waals surface area contributed by atoms with Crippen LogP contribution in [0.3, 0.4) is 0 Å². The van der Waals surface area contributed by atoms with Crippen LogP contribution < -0.4 is 4.74 Å². The highest BCUT2D eigenvalue weighted by Crippen LogP contribution is 2.24. The monoisotopic (exact) mass is 259 g/mol. The van der Waals surface area contributed by atoms with Gasteiger partial charge in [0, 0.05) is 18.9 Å². The lowest BCUT2D eigenvalue weighted by atomic mass is 10.0. The number of aliphatic hydroxyl groups is 1. The number of benzene rings is 1. The van der Waals surface area contributed by atoms with Crippen molar-refractivity contribution in [2.75, 3.05) is 14.2 Å². The summed E-state index contributed by atoms with van der Waals surface area (Å²) >= 11 is 0. The third kappa shape index (κ3) is 3.30. The molecular weight excluding hydrogens is 242 g/mol. The fourth-order valence-electron chi connectivity index (χ4n) is 1.85. The Kier molecular flexibility index (Phi) is 4.49. The molecule has 1 heterocycles. The van der Waals surface area contributed by atoms with Crippen LogP contribution >= 0.6 is 0 Å². The predicted molar refractivity (Wildman–Crippen MR) is 72.0 cm³/mol. The Balaban J connectivity index is 2.20. The van der Waals surface area contributed by atoms with E-state index < -0.39 is 6.10 Å². The van der Waals surface area contributed by atoms with Gasteiger partial charge in [0.05, 0.1) is 19.9 Å². The van der Waals surface area contributed by atoms with Gasteiger partial charge in [0.2, 0.25) is 0 Å². The van der Waals surface area contributed by atoms with E-state index in [1.807, 2.05) is 24.3 Å². The Bertz CT molecular complexity index is 525. The van der Waals surface area contributed by atoms with Crippen molar-refractivity contribution < 1.29 is 14.6 Å². The third-order valence-corrected chi connectivity index (χ3v) is 2.89. The number of pyridine rings is 1. The number of aromatic nitrogens is 1. The van der Waals surface area contributed by atoms with Crippen molar-refractivity contribution in [3.8, 4) is 5.75 Å². The van der Waals surface area contributed by atoms with Crippen molar-refractivity contribution in [3.05, 3.63) is 59.4 Å². The molecule has 2 aromatic rings. The number of ether oxygens (including phenoxy) is 2. The van der Waals surface area contributed by atoms with E-state index in [9.17, 15) is 5.11 Å². The first-order valence-corrected chi connectivity index (χ1v) is 5.99. The highest BCUT2D eigenvalue weighted by atomic mass is 16.5. The van der Waals surface area contributed by atoms with Crippen LogP contribution in [0.1, 0.15) is 22.8 Å². The Hall–Kier alpha value is -1.91. The van der Waals surface area contributed by atoms with Gasteiger partial charge in [-0.25, -0.2) is 0 Å². The lowest BCUT2D eigenvalue weighted by Gasteiger charge is -2.12. The van der Waals surface area contributed by atoms with Crippen LogP contribution in [0.4, 0.5) is 0 Å². The molecule has 0 amide bonds. The molecule has 0 saturated heterocycles. The zero-order valence-corrected chi connectivity index (χ0v) is 11.0. The average molecular weight is 259 g/mol. The molecular formula is C15H17NO3. The predicted octanol–water partition coefficient (Wildman–Crippen LogP) is 2.32. The van der Waals surface area contributed by atoms with Crippen molar-refractivity contribution >= 4 is 0 Å². The van der Waals surface area contributed by atoms with Crippen LogP contribution in [-0.2, 0) is 11.3 Å². The molecule has 0 aliphatic heterocycles. The van der Waals surface area contributed by atoms with Gasteiger partial charge in [-0.1, -0.05) is 24.3 Å². The maximum absolute atomic E-state index is 10.3. The highest BCUT2D eigenvalue weighted by Gasteiger charge is 2.11. The first-order chi connectivity index (χ1) is 9.24. The Labute approximate surface area is 112 Å². The average Bonchev–Trinajstić information content (AvgIpc) is 2.48. The molecule has 0 fully saturated rings. The second-order valence-corrected chi connectivity index (χ2v) is 4.24. The summed E-state index contributed by atoms with van der Waals surface area (Å²) in [5.74, 6) is 0.632. The van der Waals surface area contributed by atoms with Crippen LogP contribution in [0.5, 0.6) is 5.75 Å². The van der Waals surface area contributed by atoms with E-state index >= 15 is 0 Å². The summed E-state index contributed by atoms with van der Waals surface area (Å²) in [6.45, 7) is 0.567. The van der Waals surface area contributed by atoms with E-state index in [2.05, 4.69) is 4.98 Å². The SMILES string of the molecule is COCc1ccc(C(O)c2cncc(OC)c2)cc1. The van der Waals surface area contributed by atoms with Gasteiger partial charge in [-0.3, -0.25) is 4.98 Å². The number of methoxy groups -OCH3 is 2. The van der Waals surface area contributed by atoms with Gasteiger partial charge in [0.25, 0.3) is 0 Å². The number of hydrogen-bond donors (Lipinski definition) is 1. The summed E-state index contributed by atoms with van der Waals surface area (Å²) in [5.41, 5.74) is 2.59. The molecule has 19 heavy (non-hydrogen) atoms. The molecule has 0 aliphatic rings. The fourth-order valence-corrected chi connectivity index (χ4v) is 1.85. The topological polar surface area (TPSA) is 51.6 Å². The largest absolute Gasteiger partial charge is 0.495 e. The molecule has 1 unspecified atom stereocenters.